The Kier molecular flexibility index (Phi) is 3.72. The summed E-state index contributed by atoms with van der Waals surface area (Å²) < 4.78 is 1.02. The summed E-state index contributed by atoms with van der Waals surface area (Å²) in [6.45, 7) is 0. The van der Waals surface area contributed by atoms with E-state index in [-0.39, 0.29) is 5.78 Å². The third-order valence-corrected chi connectivity index (χ3v) is 4.51. The summed E-state index contributed by atoms with van der Waals surface area (Å²) in [5.74, 6) is 0.227. The van der Waals surface area contributed by atoms with Crippen LogP contribution in [0.25, 0.3) is 0 Å². The summed E-state index contributed by atoms with van der Waals surface area (Å²) in [7, 11) is 0. The Hall–Kier alpha value is -0.450. The van der Waals surface area contributed by atoms with Crippen LogP contribution in [-0.2, 0) is 6.42 Å². The van der Waals surface area contributed by atoms with E-state index < -0.39 is 0 Å². The van der Waals surface area contributed by atoms with Crippen molar-refractivity contribution in [2.24, 2.45) is 0 Å². The number of halogens is 1. The average Bonchev–Trinajstić information content (AvgIpc) is 2.84. The van der Waals surface area contributed by atoms with Crippen LogP contribution in [0.5, 0.6) is 0 Å². The first-order chi connectivity index (χ1) is 7.25. The zero-order valence-corrected chi connectivity index (χ0v) is 11.1. The summed E-state index contributed by atoms with van der Waals surface area (Å²) in [5.41, 5.74) is 0.823. The number of carbonyl (C=O) groups is 1. The van der Waals surface area contributed by atoms with Crippen molar-refractivity contribution in [1.29, 1.82) is 0 Å². The Labute approximate surface area is 105 Å². The van der Waals surface area contributed by atoms with E-state index in [1.807, 2.05) is 22.9 Å². The number of hydrogen-bond acceptors (Lipinski definition) is 3. The predicted molar refractivity (Wildman–Crippen MR) is 69.0 cm³/mol. The van der Waals surface area contributed by atoms with Crippen LogP contribution in [0.3, 0.4) is 0 Å². The molecule has 1 nitrogen and oxygen atoms in total. The van der Waals surface area contributed by atoms with Crippen molar-refractivity contribution in [2.75, 3.05) is 0 Å². The first-order valence-corrected chi connectivity index (χ1v) is 7.10. The number of thiophene rings is 2. The number of ketones is 1. The standard InChI is InChI=1S/C11H9BrOS2/c12-11-6-8(7-15-11)10(13)4-3-9-2-1-5-14-9/h1-2,5-7H,3-4H2. The Morgan fingerprint density at radius 1 is 1.40 bits per heavy atom. The highest BCUT2D eigenvalue weighted by atomic mass is 79.9. The smallest absolute Gasteiger partial charge is 0.164 e. The first-order valence-electron chi connectivity index (χ1n) is 4.55. The van der Waals surface area contributed by atoms with Crippen molar-refractivity contribution in [1.82, 2.24) is 0 Å². The maximum absolute atomic E-state index is 11.7. The highest BCUT2D eigenvalue weighted by molar-refractivity contribution is 9.11. The molecule has 0 aliphatic rings. The van der Waals surface area contributed by atoms with Crippen LogP contribution >= 0.6 is 38.6 Å². The minimum absolute atomic E-state index is 0.227. The molecule has 78 valence electrons. The number of aryl methyl sites for hydroxylation is 1. The highest BCUT2D eigenvalue weighted by Gasteiger charge is 2.08. The molecular formula is C11H9BrOS2. The summed E-state index contributed by atoms with van der Waals surface area (Å²) >= 11 is 6.62. The third-order valence-electron chi connectivity index (χ3n) is 2.07. The van der Waals surface area contributed by atoms with Gasteiger partial charge in [-0.3, -0.25) is 4.79 Å². The second kappa shape index (κ2) is 5.05. The van der Waals surface area contributed by atoms with Gasteiger partial charge in [0.15, 0.2) is 5.78 Å². The van der Waals surface area contributed by atoms with Crippen molar-refractivity contribution < 1.29 is 4.79 Å². The van der Waals surface area contributed by atoms with Crippen LogP contribution in [0.4, 0.5) is 0 Å². The monoisotopic (exact) mass is 300 g/mol. The fraction of sp³-hybridized carbons (Fsp3) is 0.182. The van der Waals surface area contributed by atoms with Gasteiger partial charge in [0.1, 0.15) is 0 Å². The maximum Gasteiger partial charge on any atom is 0.164 e. The molecule has 4 heteroatoms. The van der Waals surface area contributed by atoms with Crippen molar-refractivity contribution in [2.45, 2.75) is 12.8 Å². The first kappa shape index (κ1) is 11.0. The molecule has 2 aromatic heterocycles. The molecule has 0 aliphatic carbocycles. The Morgan fingerprint density at radius 2 is 2.27 bits per heavy atom. The minimum Gasteiger partial charge on any atom is -0.294 e. The molecule has 0 radical (unpaired) electrons. The lowest BCUT2D eigenvalue weighted by molar-refractivity contribution is 0.0983. The van der Waals surface area contributed by atoms with Gasteiger partial charge < -0.3 is 0 Å². The second-order valence-corrected chi connectivity index (χ2v) is 6.46. The molecule has 0 saturated carbocycles. The molecule has 0 unspecified atom stereocenters. The van der Waals surface area contributed by atoms with Gasteiger partial charge in [0, 0.05) is 22.2 Å². The maximum atomic E-state index is 11.7. The molecule has 2 aromatic rings. The average molecular weight is 301 g/mol. The molecule has 2 heterocycles. The molecule has 15 heavy (non-hydrogen) atoms. The molecule has 0 aromatic carbocycles. The van der Waals surface area contributed by atoms with Gasteiger partial charge in [-0.2, -0.15) is 0 Å². The van der Waals surface area contributed by atoms with Gasteiger partial charge in [0.25, 0.3) is 0 Å². The van der Waals surface area contributed by atoms with Gasteiger partial charge in [0.2, 0.25) is 0 Å². The largest absolute Gasteiger partial charge is 0.294 e. The van der Waals surface area contributed by atoms with E-state index in [4.69, 9.17) is 0 Å². The highest BCUT2D eigenvalue weighted by Crippen LogP contribution is 2.22. The van der Waals surface area contributed by atoms with Crippen LogP contribution in [0.15, 0.2) is 32.7 Å². The van der Waals surface area contributed by atoms with E-state index >= 15 is 0 Å². The van der Waals surface area contributed by atoms with Gasteiger partial charge in [-0.1, -0.05) is 6.07 Å². The van der Waals surface area contributed by atoms with Crippen molar-refractivity contribution >= 4 is 44.4 Å². The van der Waals surface area contributed by atoms with Gasteiger partial charge in [-0.15, -0.1) is 22.7 Å². The lowest BCUT2D eigenvalue weighted by atomic mass is 10.1. The fourth-order valence-electron chi connectivity index (χ4n) is 1.29. The van der Waals surface area contributed by atoms with Gasteiger partial charge in [-0.05, 0) is 39.9 Å². The van der Waals surface area contributed by atoms with E-state index in [1.54, 1.807) is 22.7 Å². The lowest BCUT2D eigenvalue weighted by Gasteiger charge is -1.95. The summed E-state index contributed by atoms with van der Waals surface area (Å²) in [6, 6.07) is 5.98. The Balaban J connectivity index is 1.93. The number of hydrogen-bond donors (Lipinski definition) is 0. The topological polar surface area (TPSA) is 17.1 Å². The van der Waals surface area contributed by atoms with E-state index in [9.17, 15) is 4.79 Å². The summed E-state index contributed by atoms with van der Waals surface area (Å²) in [6.07, 6.45) is 1.45. The third kappa shape index (κ3) is 3.00. The molecule has 0 bridgehead atoms. The lowest BCUT2D eigenvalue weighted by Crippen LogP contribution is -1.98. The Morgan fingerprint density at radius 3 is 2.87 bits per heavy atom. The number of Topliss-reactive ketones (excluding diaryl/α,β-unsaturated/α-hetero) is 1. The molecule has 0 N–H and O–H groups in total. The van der Waals surface area contributed by atoms with Crippen molar-refractivity contribution in [3.05, 3.63) is 43.2 Å². The predicted octanol–water partition coefficient (Wildman–Crippen LogP) is 4.39. The number of rotatable bonds is 4. The molecule has 0 aliphatic heterocycles. The molecule has 0 fully saturated rings. The molecule has 0 spiro atoms. The van der Waals surface area contributed by atoms with E-state index in [0.717, 1.165) is 15.8 Å². The Bertz CT molecular complexity index is 445. The van der Waals surface area contributed by atoms with Crippen LogP contribution in [0.1, 0.15) is 21.7 Å². The fourth-order valence-corrected chi connectivity index (χ4v) is 3.16. The quantitative estimate of drug-likeness (QED) is 0.766. The zero-order valence-electron chi connectivity index (χ0n) is 7.90. The molecule has 0 atom stereocenters. The molecule has 2 rings (SSSR count). The molecule has 0 saturated heterocycles. The van der Waals surface area contributed by atoms with E-state index in [0.29, 0.717) is 6.42 Å². The van der Waals surface area contributed by atoms with Crippen molar-refractivity contribution in [3.8, 4) is 0 Å². The number of carbonyl (C=O) groups excluding carboxylic acids is 1. The van der Waals surface area contributed by atoms with Gasteiger partial charge >= 0.3 is 0 Å². The SMILES string of the molecule is O=C(CCc1cccs1)c1csc(Br)c1. The van der Waals surface area contributed by atoms with Crippen molar-refractivity contribution in [3.63, 3.8) is 0 Å². The molecular weight excluding hydrogens is 292 g/mol. The van der Waals surface area contributed by atoms with Crippen LogP contribution < -0.4 is 0 Å². The normalized spacial score (nSPS) is 10.5. The molecule has 0 amide bonds. The van der Waals surface area contributed by atoms with Gasteiger partial charge in [-0.25, -0.2) is 0 Å². The second-order valence-electron chi connectivity index (χ2n) is 3.14. The van der Waals surface area contributed by atoms with E-state index in [2.05, 4.69) is 22.0 Å². The summed E-state index contributed by atoms with van der Waals surface area (Å²) in [5, 5.41) is 3.95. The van der Waals surface area contributed by atoms with Gasteiger partial charge in [0.05, 0.1) is 3.79 Å². The van der Waals surface area contributed by atoms with Crippen LogP contribution in [-0.4, -0.2) is 5.78 Å². The summed E-state index contributed by atoms with van der Waals surface area (Å²) in [4.78, 5) is 13.0. The minimum atomic E-state index is 0.227. The van der Waals surface area contributed by atoms with Crippen LogP contribution in [0.2, 0.25) is 0 Å². The van der Waals surface area contributed by atoms with E-state index in [1.165, 1.54) is 4.88 Å². The van der Waals surface area contributed by atoms with Crippen LogP contribution in [0, 0.1) is 0 Å². The zero-order chi connectivity index (χ0) is 10.7.